The third kappa shape index (κ3) is 3.63. The van der Waals surface area contributed by atoms with E-state index in [2.05, 4.69) is 17.4 Å². The first-order valence-electron chi connectivity index (χ1n) is 7.80. The van der Waals surface area contributed by atoms with Crippen molar-refractivity contribution in [3.63, 3.8) is 0 Å². The van der Waals surface area contributed by atoms with Crippen LogP contribution in [0.3, 0.4) is 0 Å². The first kappa shape index (κ1) is 14.5. The summed E-state index contributed by atoms with van der Waals surface area (Å²) in [5.74, 6) is 0.447. The molecule has 2 aliphatic rings. The zero-order valence-electron chi connectivity index (χ0n) is 12.5. The highest BCUT2D eigenvalue weighted by atomic mass is 16.5. The molecule has 2 fully saturated rings. The molecule has 0 aromatic heterocycles. The summed E-state index contributed by atoms with van der Waals surface area (Å²) in [6.07, 6.45) is 4.89. The van der Waals surface area contributed by atoms with Gasteiger partial charge in [-0.25, -0.2) is 4.79 Å². The molecule has 0 amide bonds. The summed E-state index contributed by atoms with van der Waals surface area (Å²) in [5.41, 5.74) is 2.32. The van der Waals surface area contributed by atoms with Gasteiger partial charge in [-0.15, -0.1) is 0 Å². The molecule has 1 aromatic rings. The highest BCUT2D eigenvalue weighted by Crippen LogP contribution is 2.40. The molecule has 3 rings (SSSR count). The smallest absolute Gasteiger partial charge is 0.327 e. The standard InChI is InChI=1S/C17H23NO3/c1-20-17(19)16(18-11-15-6-3-9-21-15)14-5-2-4-13(10-14)12-7-8-12/h2,4-5,10,12,15-16,18H,3,6-9,11H2,1H3. The number of rotatable bonds is 6. The zero-order valence-corrected chi connectivity index (χ0v) is 12.5. The topological polar surface area (TPSA) is 47.6 Å². The van der Waals surface area contributed by atoms with Gasteiger partial charge < -0.3 is 9.47 Å². The van der Waals surface area contributed by atoms with E-state index in [-0.39, 0.29) is 12.1 Å². The fourth-order valence-electron chi connectivity index (χ4n) is 2.92. The minimum atomic E-state index is -0.405. The molecule has 0 bridgehead atoms. The van der Waals surface area contributed by atoms with E-state index < -0.39 is 6.04 Å². The summed E-state index contributed by atoms with van der Waals surface area (Å²) in [6.45, 7) is 1.51. The van der Waals surface area contributed by atoms with Gasteiger partial charge in [0.05, 0.1) is 13.2 Å². The molecule has 2 atom stereocenters. The van der Waals surface area contributed by atoms with Gasteiger partial charge in [0.2, 0.25) is 0 Å². The van der Waals surface area contributed by atoms with Gasteiger partial charge in [-0.2, -0.15) is 0 Å². The zero-order chi connectivity index (χ0) is 14.7. The molecule has 1 aliphatic heterocycles. The van der Waals surface area contributed by atoms with Crippen LogP contribution in [0.1, 0.15) is 48.8 Å². The number of nitrogens with one attached hydrogen (secondary N) is 1. The lowest BCUT2D eigenvalue weighted by Gasteiger charge is -2.19. The first-order chi connectivity index (χ1) is 10.3. The van der Waals surface area contributed by atoms with Crippen molar-refractivity contribution in [2.45, 2.75) is 43.7 Å². The lowest BCUT2D eigenvalue weighted by atomic mass is 10.0. The lowest BCUT2D eigenvalue weighted by Crippen LogP contribution is -2.35. The Balaban J connectivity index is 1.71. The summed E-state index contributed by atoms with van der Waals surface area (Å²) >= 11 is 0. The van der Waals surface area contributed by atoms with Gasteiger partial charge in [-0.05, 0) is 42.7 Å². The van der Waals surface area contributed by atoms with Crippen LogP contribution in [0.5, 0.6) is 0 Å². The molecular formula is C17H23NO3. The Kier molecular flexibility index (Phi) is 4.56. The highest BCUT2D eigenvalue weighted by Gasteiger charge is 2.27. The number of esters is 1. The number of ether oxygens (including phenoxy) is 2. The third-order valence-electron chi connectivity index (χ3n) is 4.30. The van der Waals surface area contributed by atoms with Crippen molar-refractivity contribution >= 4 is 5.97 Å². The number of carbonyl (C=O) groups is 1. The van der Waals surface area contributed by atoms with Gasteiger partial charge in [0.25, 0.3) is 0 Å². The van der Waals surface area contributed by atoms with E-state index in [1.165, 1.54) is 25.5 Å². The molecule has 21 heavy (non-hydrogen) atoms. The second-order valence-electron chi connectivity index (χ2n) is 5.94. The van der Waals surface area contributed by atoms with Crippen LogP contribution in [0, 0.1) is 0 Å². The molecule has 0 radical (unpaired) electrons. The van der Waals surface area contributed by atoms with Crippen molar-refractivity contribution in [3.05, 3.63) is 35.4 Å². The fourth-order valence-corrected chi connectivity index (χ4v) is 2.92. The Labute approximate surface area is 125 Å². The average Bonchev–Trinajstić information content (AvgIpc) is 3.25. The van der Waals surface area contributed by atoms with E-state index in [9.17, 15) is 4.79 Å². The molecule has 1 saturated heterocycles. The van der Waals surface area contributed by atoms with E-state index in [1.807, 2.05) is 12.1 Å². The number of hydrogen-bond acceptors (Lipinski definition) is 4. The molecule has 1 aromatic carbocycles. The predicted octanol–water partition coefficient (Wildman–Crippen LogP) is 2.55. The molecule has 114 valence electrons. The van der Waals surface area contributed by atoms with Crippen molar-refractivity contribution < 1.29 is 14.3 Å². The molecule has 4 heteroatoms. The average molecular weight is 289 g/mol. The monoisotopic (exact) mass is 289 g/mol. The normalized spacial score (nSPS) is 23.0. The Hall–Kier alpha value is -1.39. The van der Waals surface area contributed by atoms with Gasteiger partial charge in [0, 0.05) is 13.2 Å². The summed E-state index contributed by atoms with van der Waals surface area (Å²) in [7, 11) is 1.44. The summed E-state index contributed by atoms with van der Waals surface area (Å²) in [4.78, 5) is 12.1. The summed E-state index contributed by atoms with van der Waals surface area (Å²) in [5, 5.41) is 3.32. The number of carbonyl (C=O) groups excluding carboxylic acids is 1. The lowest BCUT2D eigenvalue weighted by molar-refractivity contribution is -0.143. The van der Waals surface area contributed by atoms with Crippen LogP contribution in [-0.4, -0.2) is 32.3 Å². The Morgan fingerprint density at radius 1 is 1.43 bits per heavy atom. The molecule has 1 saturated carbocycles. The van der Waals surface area contributed by atoms with Crippen molar-refractivity contribution in [3.8, 4) is 0 Å². The Morgan fingerprint density at radius 2 is 2.29 bits per heavy atom. The van der Waals surface area contributed by atoms with E-state index in [4.69, 9.17) is 9.47 Å². The van der Waals surface area contributed by atoms with Gasteiger partial charge in [-0.1, -0.05) is 24.3 Å². The minimum Gasteiger partial charge on any atom is -0.468 e. The maximum Gasteiger partial charge on any atom is 0.327 e. The largest absolute Gasteiger partial charge is 0.468 e. The maximum absolute atomic E-state index is 12.1. The van der Waals surface area contributed by atoms with Crippen LogP contribution in [0.25, 0.3) is 0 Å². The summed E-state index contributed by atoms with van der Waals surface area (Å²) < 4.78 is 10.6. The Morgan fingerprint density at radius 3 is 2.95 bits per heavy atom. The summed E-state index contributed by atoms with van der Waals surface area (Å²) in [6, 6.07) is 7.91. The molecule has 4 nitrogen and oxygen atoms in total. The van der Waals surface area contributed by atoms with Crippen molar-refractivity contribution in [1.29, 1.82) is 0 Å². The van der Waals surface area contributed by atoms with E-state index in [1.54, 1.807) is 0 Å². The maximum atomic E-state index is 12.1. The number of hydrogen-bond donors (Lipinski definition) is 1. The first-order valence-corrected chi connectivity index (χ1v) is 7.80. The minimum absolute atomic E-state index is 0.212. The van der Waals surface area contributed by atoms with Gasteiger partial charge >= 0.3 is 5.97 Å². The van der Waals surface area contributed by atoms with E-state index >= 15 is 0 Å². The van der Waals surface area contributed by atoms with Crippen molar-refractivity contribution in [1.82, 2.24) is 5.32 Å². The van der Waals surface area contributed by atoms with Crippen molar-refractivity contribution in [2.24, 2.45) is 0 Å². The molecule has 0 spiro atoms. The molecular weight excluding hydrogens is 266 g/mol. The molecule has 2 unspecified atom stereocenters. The van der Waals surface area contributed by atoms with Crippen LogP contribution < -0.4 is 5.32 Å². The number of methoxy groups -OCH3 is 1. The Bertz CT molecular complexity index is 493. The van der Waals surface area contributed by atoms with Crippen LogP contribution in [-0.2, 0) is 14.3 Å². The predicted molar refractivity (Wildman–Crippen MR) is 80.2 cm³/mol. The van der Waals surface area contributed by atoms with Crippen LogP contribution in [0.2, 0.25) is 0 Å². The van der Waals surface area contributed by atoms with E-state index in [0.29, 0.717) is 12.5 Å². The van der Waals surface area contributed by atoms with Crippen LogP contribution in [0.4, 0.5) is 0 Å². The molecule has 1 aliphatic carbocycles. The third-order valence-corrected chi connectivity index (χ3v) is 4.30. The highest BCUT2D eigenvalue weighted by molar-refractivity contribution is 5.77. The van der Waals surface area contributed by atoms with Gasteiger partial charge in [0.15, 0.2) is 0 Å². The van der Waals surface area contributed by atoms with Crippen molar-refractivity contribution in [2.75, 3.05) is 20.3 Å². The second-order valence-corrected chi connectivity index (χ2v) is 5.94. The van der Waals surface area contributed by atoms with Gasteiger partial charge in [-0.3, -0.25) is 5.32 Å². The number of benzene rings is 1. The molecule has 1 heterocycles. The SMILES string of the molecule is COC(=O)C(NCC1CCCO1)c1cccc(C2CC2)c1. The second kappa shape index (κ2) is 6.58. The van der Waals surface area contributed by atoms with Gasteiger partial charge in [0.1, 0.15) is 6.04 Å². The fraction of sp³-hybridized carbons (Fsp3) is 0.588. The quantitative estimate of drug-likeness (QED) is 0.818. The molecule has 1 N–H and O–H groups in total. The van der Waals surface area contributed by atoms with Crippen LogP contribution in [0.15, 0.2) is 24.3 Å². The van der Waals surface area contributed by atoms with E-state index in [0.717, 1.165) is 25.0 Å². The van der Waals surface area contributed by atoms with Crippen LogP contribution >= 0.6 is 0 Å².